The van der Waals surface area contributed by atoms with Gasteiger partial charge in [0, 0.05) is 24.2 Å². The SMILES string of the molecule is C=CC=O.C=Cc1ccc(C(=NC)c2c(N)n[nH]c(=O)c2C)cc1.CCC1CCCN1C.Cc1ccccc1. The number of hydrogen-bond donors (Lipinski definition) is 2. The van der Waals surface area contributed by atoms with E-state index in [9.17, 15) is 4.79 Å². The maximum atomic E-state index is 11.7. The molecule has 1 saturated heterocycles. The lowest BCUT2D eigenvalue weighted by molar-refractivity contribution is -0.104. The smallest absolute Gasteiger partial charge is 0.267 e. The van der Waals surface area contributed by atoms with Gasteiger partial charge in [0.2, 0.25) is 0 Å². The van der Waals surface area contributed by atoms with Crippen molar-refractivity contribution in [3.05, 3.63) is 112 Å². The van der Waals surface area contributed by atoms with Crippen LogP contribution in [-0.2, 0) is 4.79 Å². The zero-order valence-corrected chi connectivity index (χ0v) is 24.0. The minimum absolute atomic E-state index is 0.260. The van der Waals surface area contributed by atoms with E-state index in [1.54, 1.807) is 20.0 Å². The van der Waals surface area contributed by atoms with Gasteiger partial charge < -0.3 is 10.6 Å². The first kappa shape index (κ1) is 32.9. The molecule has 1 unspecified atom stereocenters. The van der Waals surface area contributed by atoms with Gasteiger partial charge in [0.25, 0.3) is 5.56 Å². The summed E-state index contributed by atoms with van der Waals surface area (Å²) in [5, 5.41) is 6.17. The molecule has 208 valence electrons. The predicted octanol–water partition coefficient (Wildman–Crippen LogP) is 5.63. The monoisotopic (exact) mass is 529 g/mol. The predicted molar refractivity (Wildman–Crippen MR) is 165 cm³/mol. The van der Waals surface area contributed by atoms with Crippen molar-refractivity contribution >= 4 is 23.9 Å². The highest BCUT2D eigenvalue weighted by atomic mass is 16.1. The second-order valence-electron chi connectivity index (χ2n) is 9.05. The van der Waals surface area contributed by atoms with Crippen molar-refractivity contribution in [2.45, 2.75) is 46.1 Å². The third kappa shape index (κ3) is 11.0. The molecule has 0 radical (unpaired) electrons. The number of aromatic amines is 1. The van der Waals surface area contributed by atoms with Crippen molar-refractivity contribution in [1.29, 1.82) is 0 Å². The third-order valence-electron chi connectivity index (χ3n) is 6.31. The number of benzene rings is 2. The van der Waals surface area contributed by atoms with E-state index in [1.807, 2.05) is 42.5 Å². The van der Waals surface area contributed by atoms with Gasteiger partial charge in [-0.25, -0.2) is 5.10 Å². The number of anilines is 1. The second-order valence-corrected chi connectivity index (χ2v) is 9.05. The molecule has 1 aromatic heterocycles. The van der Waals surface area contributed by atoms with Crippen LogP contribution in [-0.4, -0.2) is 53.8 Å². The Labute approximate surface area is 233 Å². The van der Waals surface area contributed by atoms with E-state index in [0.29, 0.717) is 23.1 Å². The Bertz CT molecular complexity index is 1240. The number of aromatic nitrogens is 2. The minimum atomic E-state index is -0.266. The molecule has 3 aromatic rings. The van der Waals surface area contributed by atoms with Crippen LogP contribution in [0.25, 0.3) is 6.08 Å². The summed E-state index contributed by atoms with van der Waals surface area (Å²) in [6.45, 7) is 14.2. The number of aldehydes is 1. The number of nitrogens with two attached hydrogens (primary N) is 1. The van der Waals surface area contributed by atoms with Gasteiger partial charge in [0.1, 0.15) is 6.29 Å². The molecule has 1 aliphatic heterocycles. The molecule has 0 aliphatic carbocycles. The molecule has 3 N–H and O–H groups in total. The van der Waals surface area contributed by atoms with Gasteiger partial charge in [-0.05, 0) is 58.3 Å². The van der Waals surface area contributed by atoms with Gasteiger partial charge in [0.15, 0.2) is 5.82 Å². The van der Waals surface area contributed by atoms with Gasteiger partial charge in [-0.15, -0.1) is 0 Å². The van der Waals surface area contributed by atoms with Crippen LogP contribution in [0.15, 0.2) is 83.6 Å². The molecule has 1 fully saturated rings. The normalized spacial score (nSPS) is 14.4. The summed E-state index contributed by atoms with van der Waals surface area (Å²) in [5.41, 5.74) is 10.5. The number of hydrogen-bond acceptors (Lipinski definition) is 6. The number of aliphatic imine (C=N–C) groups is 1. The Kier molecular flexibility index (Phi) is 15.4. The molecule has 2 heterocycles. The fourth-order valence-electron chi connectivity index (χ4n) is 4.05. The Morgan fingerprint density at radius 1 is 1.15 bits per heavy atom. The summed E-state index contributed by atoms with van der Waals surface area (Å²) in [6.07, 6.45) is 7.76. The second kappa shape index (κ2) is 18.2. The largest absolute Gasteiger partial charge is 0.382 e. The van der Waals surface area contributed by atoms with E-state index in [0.717, 1.165) is 17.2 Å². The Morgan fingerprint density at radius 3 is 2.15 bits per heavy atom. The number of carbonyl (C=O) groups is 1. The quantitative estimate of drug-likeness (QED) is 0.253. The van der Waals surface area contributed by atoms with E-state index in [-0.39, 0.29) is 11.4 Å². The maximum Gasteiger partial charge on any atom is 0.267 e. The van der Waals surface area contributed by atoms with E-state index in [4.69, 9.17) is 10.5 Å². The first-order chi connectivity index (χ1) is 18.7. The number of carbonyl (C=O) groups excluding carboxylic acids is 1. The lowest BCUT2D eigenvalue weighted by Gasteiger charge is -2.16. The van der Waals surface area contributed by atoms with Crippen molar-refractivity contribution in [2.75, 3.05) is 26.4 Å². The van der Waals surface area contributed by atoms with Crippen molar-refractivity contribution in [3.8, 4) is 0 Å². The van der Waals surface area contributed by atoms with Crippen molar-refractivity contribution in [3.63, 3.8) is 0 Å². The van der Waals surface area contributed by atoms with Crippen LogP contribution in [0.4, 0.5) is 5.82 Å². The van der Waals surface area contributed by atoms with E-state index in [2.05, 4.69) is 66.3 Å². The number of nitrogen functional groups attached to an aromatic ring is 1. The van der Waals surface area contributed by atoms with Crippen LogP contribution >= 0.6 is 0 Å². The summed E-state index contributed by atoms with van der Waals surface area (Å²) in [6, 6.07) is 18.9. The summed E-state index contributed by atoms with van der Waals surface area (Å²) in [4.78, 5) is 27.5. The standard InChI is InChI=1S/C15H16N4O.C7H15N.C7H8.C3H4O/c1-4-10-5-7-11(8-6-10)13(17-3)12-9(2)15(20)19-18-14(12)16;1-3-7-5-4-6-8(7)2;1-7-5-3-2-4-6-7;1-2-3-4/h4-8H,1H2,2-3H3,(H2,16,18)(H,19,20);7H,3-6H2,1-2H3;2-6H,1H3;2-3H,1H2. The number of aryl methyl sites for hydroxylation is 1. The minimum Gasteiger partial charge on any atom is -0.382 e. The number of allylic oxidation sites excluding steroid dienone is 1. The molecule has 0 amide bonds. The third-order valence-corrected chi connectivity index (χ3v) is 6.31. The van der Waals surface area contributed by atoms with Gasteiger partial charge in [-0.2, -0.15) is 5.10 Å². The van der Waals surface area contributed by atoms with E-state index < -0.39 is 0 Å². The molecular formula is C32H43N5O2. The molecule has 7 heteroatoms. The topological polar surface area (TPSA) is 104 Å². The molecule has 0 saturated carbocycles. The summed E-state index contributed by atoms with van der Waals surface area (Å²) >= 11 is 0. The Balaban J connectivity index is 0.000000325. The molecule has 1 atom stereocenters. The van der Waals surface area contributed by atoms with E-state index in [1.165, 1.54) is 37.4 Å². The first-order valence-corrected chi connectivity index (χ1v) is 13.1. The Morgan fingerprint density at radius 2 is 1.77 bits per heavy atom. The van der Waals surface area contributed by atoms with Crippen molar-refractivity contribution in [2.24, 2.45) is 4.99 Å². The zero-order chi connectivity index (χ0) is 29.2. The van der Waals surface area contributed by atoms with Gasteiger partial charge >= 0.3 is 0 Å². The molecular weight excluding hydrogens is 486 g/mol. The highest BCUT2D eigenvalue weighted by molar-refractivity contribution is 6.16. The van der Waals surface area contributed by atoms with Crippen LogP contribution in [0, 0.1) is 13.8 Å². The molecule has 0 spiro atoms. The van der Waals surface area contributed by atoms with Gasteiger partial charge in [-0.3, -0.25) is 14.6 Å². The summed E-state index contributed by atoms with van der Waals surface area (Å²) in [5.74, 6) is 0.260. The first-order valence-electron chi connectivity index (χ1n) is 13.1. The van der Waals surface area contributed by atoms with Gasteiger partial charge in [-0.1, -0.05) is 86.3 Å². The number of H-pyrrole nitrogens is 1. The fourth-order valence-corrected chi connectivity index (χ4v) is 4.05. The number of likely N-dealkylation sites (tertiary alicyclic amines) is 1. The Hall–Kier alpha value is -4.10. The average Bonchev–Trinajstić information content (AvgIpc) is 3.39. The highest BCUT2D eigenvalue weighted by Gasteiger charge is 2.18. The molecule has 7 nitrogen and oxygen atoms in total. The average molecular weight is 530 g/mol. The number of rotatable bonds is 5. The molecule has 4 rings (SSSR count). The molecule has 2 aromatic carbocycles. The van der Waals surface area contributed by atoms with E-state index >= 15 is 0 Å². The van der Waals surface area contributed by atoms with Crippen LogP contribution in [0.1, 0.15) is 54.0 Å². The zero-order valence-electron chi connectivity index (χ0n) is 24.0. The molecule has 39 heavy (non-hydrogen) atoms. The lowest BCUT2D eigenvalue weighted by atomic mass is 9.98. The van der Waals surface area contributed by atoms with Crippen LogP contribution in [0.3, 0.4) is 0 Å². The lowest BCUT2D eigenvalue weighted by Crippen LogP contribution is -2.23. The van der Waals surface area contributed by atoms with Gasteiger partial charge in [0.05, 0.1) is 11.3 Å². The highest BCUT2D eigenvalue weighted by Crippen LogP contribution is 2.18. The van der Waals surface area contributed by atoms with Crippen molar-refractivity contribution in [1.82, 2.24) is 15.1 Å². The molecule has 1 aliphatic rings. The number of nitrogens with zero attached hydrogens (tertiary/aromatic N) is 3. The maximum absolute atomic E-state index is 11.7. The van der Waals surface area contributed by atoms with Crippen LogP contribution < -0.4 is 11.3 Å². The van der Waals surface area contributed by atoms with Crippen LogP contribution in [0.5, 0.6) is 0 Å². The molecule has 0 bridgehead atoms. The number of nitrogens with one attached hydrogen (secondary N) is 1. The van der Waals surface area contributed by atoms with Crippen LogP contribution in [0.2, 0.25) is 0 Å². The fraction of sp³-hybridized carbons (Fsp3) is 0.312. The summed E-state index contributed by atoms with van der Waals surface area (Å²) in [7, 11) is 3.89. The summed E-state index contributed by atoms with van der Waals surface area (Å²) < 4.78 is 0. The van der Waals surface area contributed by atoms with Crippen molar-refractivity contribution < 1.29 is 4.79 Å².